The Morgan fingerprint density at radius 2 is 2.20 bits per heavy atom. The molecule has 0 N–H and O–H groups in total. The number of amides is 1. The van der Waals surface area contributed by atoms with Crippen molar-refractivity contribution in [3.63, 3.8) is 0 Å². The molecule has 106 valence electrons. The smallest absolute Gasteiger partial charge is 0.341 e. The zero-order chi connectivity index (χ0) is 14.7. The van der Waals surface area contributed by atoms with E-state index in [1.807, 2.05) is 18.4 Å². The summed E-state index contributed by atoms with van der Waals surface area (Å²) in [6, 6.07) is 3.41. The van der Waals surface area contributed by atoms with Crippen LogP contribution in [-0.2, 0) is 11.3 Å². The van der Waals surface area contributed by atoms with Gasteiger partial charge in [-0.25, -0.2) is 4.79 Å². The van der Waals surface area contributed by atoms with E-state index < -0.39 is 5.97 Å². The van der Waals surface area contributed by atoms with Crippen LogP contribution in [0.15, 0.2) is 28.2 Å². The van der Waals surface area contributed by atoms with Crippen molar-refractivity contribution in [3.05, 3.63) is 45.5 Å². The average molecular weight is 293 g/mol. The number of hydrogen-bond donors (Lipinski definition) is 0. The number of esters is 1. The van der Waals surface area contributed by atoms with E-state index in [0.717, 1.165) is 10.4 Å². The molecule has 5 nitrogen and oxygen atoms in total. The molecule has 0 spiro atoms. The molecule has 0 saturated heterocycles. The Morgan fingerprint density at radius 1 is 1.45 bits per heavy atom. The third-order valence-electron chi connectivity index (χ3n) is 2.93. The van der Waals surface area contributed by atoms with Crippen LogP contribution in [0.4, 0.5) is 0 Å². The molecule has 0 saturated carbocycles. The minimum Gasteiger partial charge on any atom is -0.465 e. The number of nitrogens with zero attached hydrogens (tertiary/aromatic N) is 1. The lowest BCUT2D eigenvalue weighted by Gasteiger charge is -2.15. The standard InChI is InChI=1S/C14H15NO4S/c1-9-4-5-20-12(9)7-15(2)13(16)11-6-10(8-19-11)14(17)18-3/h4-6,8H,7H2,1-3H3. The van der Waals surface area contributed by atoms with Gasteiger partial charge in [0.05, 0.1) is 19.2 Å². The number of carbonyl (C=O) groups excluding carboxylic acids is 2. The van der Waals surface area contributed by atoms with Gasteiger partial charge in [0.25, 0.3) is 5.91 Å². The molecule has 0 radical (unpaired) electrons. The number of hydrogen-bond acceptors (Lipinski definition) is 5. The molecule has 0 atom stereocenters. The number of aryl methyl sites for hydroxylation is 1. The van der Waals surface area contributed by atoms with Gasteiger partial charge in [-0.3, -0.25) is 4.79 Å². The van der Waals surface area contributed by atoms with Crippen LogP contribution in [0.3, 0.4) is 0 Å². The van der Waals surface area contributed by atoms with Gasteiger partial charge in [0, 0.05) is 18.0 Å². The maximum Gasteiger partial charge on any atom is 0.341 e. The summed E-state index contributed by atoms with van der Waals surface area (Å²) in [4.78, 5) is 26.2. The Kier molecular flexibility index (Phi) is 4.24. The highest BCUT2D eigenvalue weighted by atomic mass is 32.1. The van der Waals surface area contributed by atoms with Crippen molar-refractivity contribution in [2.75, 3.05) is 14.2 Å². The molecule has 0 bridgehead atoms. The summed E-state index contributed by atoms with van der Waals surface area (Å²) in [6.07, 6.45) is 1.23. The molecule has 0 aromatic carbocycles. The van der Waals surface area contributed by atoms with Gasteiger partial charge in [-0.2, -0.15) is 0 Å². The van der Waals surface area contributed by atoms with Crippen molar-refractivity contribution in [1.29, 1.82) is 0 Å². The van der Waals surface area contributed by atoms with Crippen LogP contribution in [0.1, 0.15) is 31.4 Å². The van der Waals surface area contributed by atoms with Gasteiger partial charge in [0.1, 0.15) is 6.26 Å². The fourth-order valence-electron chi connectivity index (χ4n) is 1.71. The van der Waals surface area contributed by atoms with E-state index in [1.54, 1.807) is 23.3 Å². The first kappa shape index (κ1) is 14.3. The minimum atomic E-state index is -0.524. The van der Waals surface area contributed by atoms with Crippen LogP contribution in [-0.4, -0.2) is 30.9 Å². The second kappa shape index (κ2) is 5.92. The molecule has 0 aliphatic rings. The van der Waals surface area contributed by atoms with Gasteiger partial charge in [0.15, 0.2) is 5.76 Å². The molecule has 20 heavy (non-hydrogen) atoms. The van der Waals surface area contributed by atoms with E-state index in [2.05, 4.69) is 4.74 Å². The predicted octanol–water partition coefficient (Wildman–Crippen LogP) is 2.71. The van der Waals surface area contributed by atoms with Crippen LogP contribution in [0.25, 0.3) is 0 Å². The third-order valence-corrected chi connectivity index (χ3v) is 3.93. The van der Waals surface area contributed by atoms with Crippen molar-refractivity contribution < 1.29 is 18.7 Å². The lowest BCUT2D eigenvalue weighted by atomic mass is 10.2. The van der Waals surface area contributed by atoms with Crippen molar-refractivity contribution in [3.8, 4) is 0 Å². The zero-order valence-electron chi connectivity index (χ0n) is 11.5. The number of methoxy groups -OCH3 is 1. The highest BCUT2D eigenvalue weighted by Gasteiger charge is 2.19. The first-order chi connectivity index (χ1) is 9.52. The van der Waals surface area contributed by atoms with E-state index in [0.29, 0.717) is 6.54 Å². The van der Waals surface area contributed by atoms with Crippen molar-refractivity contribution in [2.45, 2.75) is 13.5 Å². The summed E-state index contributed by atoms with van der Waals surface area (Å²) in [7, 11) is 2.98. The van der Waals surface area contributed by atoms with Crippen LogP contribution >= 0.6 is 11.3 Å². The quantitative estimate of drug-likeness (QED) is 0.813. The highest BCUT2D eigenvalue weighted by molar-refractivity contribution is 7.10. The van der Waals surface area contributed by atoms with Gasteiger partial charge in [-0.15, -0.1) is 11.3 Å². The molecule has 0 aliphatic carbocycles. The van der Waals surface area contributed by atoms with E-state index in [4.69, 9.17) is 4.42 Å². The molecular formula is C14H15NO4S. The maximum atomic E-state index is 12.2. The number of furan rings is 1. The minimum absolute atomic E-state index is 0.127. The van der Waals surface area contributed by atoms with E-state index in [-0.39, 0.29) is 17.2 Å². The SMILES string of the molecule is COC(=O)c1coc(C(=O)N(C)Cc2sccc2C)c1. The molecule has 6 heteroatoms. The first-order valence-electron chi connectivity index (χ1n) is 5.98. The van der Waals surface area contributed by atoms with Crippen molar-refractivity contribution >= 4 is 23.2 Å². The summed E-state index contributed by atoms with van der Waals surface area (Å²) in [5, 5.41) is 1.99. The Hall–Kier alpha value is -2.08. The van der Waals surface area contributed by atoms with Gasteiger partial charge in [-0.05, 0) is 23.9 Å². The van der Waals surface area contributed by atoms with E-state index in [9.17, 15) is 9.59 Å². The fraction of sp³-hybridized carbons (Fsp3) is 0.286. The molecule has 1 amide bonds. The lowest BCUT2D eigenvalue weighted by Crippen LogP contribution is -2.25. The zero-order valence-corrected chi connectivity index (χ0v) is 12.3. The predicted molar refractivity (Wildman–Crippen MR) is 74.9 cm³/mol. The second-order valence-electron chi connectivity index (χ2n) is 4.38. The molecule has 0 unspecified atom stereocenters. The first-order valence-corrected chi connectivity index (χ1v) is 6.86. The fourth-order valence-corrected chi connectivity index (χ4v) is 2.67. The maximum absolute atomic E-state index is 12.2. The van der Waals surface area contributed by atoms with Crippen LogP contribution < -0.4 is 0 Å². The molecule has 2 aromatic rings. The van der Waals surface area contributed by atoms with Gasteiger partial charge < -0.3 is 14.1 Å². The third kappa shape index (κ3) is 2.91. The molecule has 0 aliphatic heterocycles. The van der Waals surface area contributed by atoms with Crippen LogP contribution in [0, 0.1) is 6.92 Å². The Labute approximate surface area is 120 Å². The van der Waals surface area contributed by atoms with Crippen molar-refractivity contribution in [1.82, 2.24) is 4.90 Å². The number of rotatable bonds is 4. The van der Waals surface area contributed by atoms with Crippen molar-refractivity contribution in [2.24, 2.45) is 0 Å². The van der Waals surface area contributed by atoms with Gasteiger partial charge >= 0.3 is 5.97 Å². The Bertz CT molecular complexity index is 629. The monoisotopic (exact) mass is 293 g/mol. The van der Waals surface area contributed by atoms with Gasteiger partial charge in [0.2, 0.25) is 0 Å². The Morgan fingerprint density at radius 3 is 2.80 bits per heavy atom. The van der Waals surface area contributed by atoms with Crippen LogP contribution in [0.2, 0.25) is 0 Å². The number of thiophene rings is 1. The topological polar surface area (TPSA) is 59.8 Å². The summed E-state index contributed by atoms with van der Waals surface area (Å²) in [5.74, 6) is -0.667. The number of carbonyl (C=O) groups is 2. The lowest BCUT2D eigenvalue weighted by molar-refractivity contribution is 0.0599. The van der Waals surface area contributed by atoms with E-state index >= 15 is 0 Å². The Balaban J connectivity index is 2.09. The average Bonchev–Trinajstić information content (AvgIpc) is 3.07. The molecular weight excluding hydrogens is 278 g/mol. The second-order valence-corrected chi connectivity index (χ2v) is 5.38. The molecule has 2 aromatic heterocycles. The normalized spacial score (nSPS) is 10.3. The molecule has 2 heterocycles. The largest absolute Gasteiger partial charge is 0.465 e. The summed E-state index contributed by atoms with van der Waals surface area (Å²) in [5.41, 5.74) is 1.39. The van der Waals surface area contributed by atoms with Crippen LogP contribution in [0.5, 0.6) is 0 Å². The molecule has 2 rings (SSSR count). The summed E-state index contributed by atoms with van der Waals surface area (Å²) < 4.78 is 9.70. The highest BCUT2D eigenvalue weighted by Crippen LogP contribution is 2.19. The number of ether oxygens (including phenoxy) is 1. The molecule has 0 fully saturated rings. The summed E-state index contributed by atoms with van der Waals surface area (Å²) in [6.45, 7) is 2.52. The van der Waals surface area contributed by atoms with Gasteiger partial charge in [-0.1, -0.05) is 0 Å². The van der Waals surface area contributed by atoms with E-state index in [1.165, 1.54) is 19.4 Å². The summed E-state index contributed by atoms with van der Waals surface area (Å²) >= 11 is 1.61.